The number of halogens is 1. The maximum absolute atomic E-state index is 12.5. The van der Waals surface area contributed by atoms with Crippen LogP contribution in [0.4, 0.5) is 0 Å². The van der Waals surface area contributed by atoms with Crippen LogP contribution in [0.2, 0.25) is 0 Å². The second-order valence-corrected chi connectivity index (χ2v) is 8.72. The summed E-state index contributed by atoms with van der Waals surface area (Å²) in [5.74, 6) is 0.743. The normalized spacial score (nSPS) is 25.7. The molecule has 2 fully saturated rings. The molecule has 2 N–H and O–H groups in total. The molecule has 0 bridgehead atoms. The summed E-state index contributed by atoms with van der Waals surface area (Å²) in [5.41, 5.74) is 7.12. The molecule has 0 aliphatic carbocycles. The quantitative estimate of drug-likeness (QED) is 0.818. The maximum Gasteiger partial charge on any atom is 0.223 e. The van der Waals surface area contributed by atoms with Crippen LogP contribution in [0.15, 0.2) is 30.3 Å². The molecule has 2 aliphatic rings. The Bertz CT molecular complexity index is 684. The Kier molecular flexibility index (Phi) is 6.85. The zero-order valence-electron chi connectivity index (χ0n) is 14.2. The maximum atomic E-state index is 12.5. The SMILES string of the molecule is Cl.NC[C@@H]1CN(C(=O)CCN2CCCS2(=O)=O)C[C@H]1c1ccccc1. The van der Waals surface area contributed by atoms with Gasteiger partial charge in [-0.25, -0.2) is 12.7 Å². The average molecular weight is 388 g/mol. The number of nitrogens with zero attached hydrogens (tertiary/aromatic N) is 2. The van der Waals surface area contributed by atoms with Crippen LogP contribution < -0.4 is 5.73 Å². The molecule has 1 amide bonds. The lowest BCUT2D eigenvalue weighted by molar-refractivity contribution is -0.130. The molecule has 3 rings (SSSR count). The molecular weight excluding hydrogens is 362 g/mol. The van der Waals surface area contributed by atoms with Gasteiger partial charge in [0.1, 0.15) is 0 Å². The number of amides is 1. The van der Waals surface area contributed by atoms with Gasteiger partial charge in [-0.05, 0) is 24.4 Å². The van der Waals surface area contributed by atoms with Crippen molar-refractivity contribution >= 4 is 28.3 Å². The molecule has 6 nitrogen and oxygen atoms in total. The van der Waals surface area contributed by atoms with Crippen molar-refractivity contribution in [1.82, 2.24) is 9.21 Å². The molecule has 0 aromatic heterocycles. The zero-order valence-corrected chi connectivity index (χ0v) is 15.8. The van der Waals surface area contributed by atoms with Gasteiger partial charge in [0.05, 0.1) is 5.75 Å². The summed E-state index contributed by atoms with van der Waals surface area (Å²) in [6.07, 6.45) is 0.906. The summed E-state index contributed by atoms with van der Waals surface area (Å²) in [4.78, 5) is 14.4. The Morgan fingerprint density at radius 1 is 1.20 bits per heavy atom. The van der Waals surface area contributed by atoms with Gasteiger partial charge in [0.25, 0.3) is 0 Å². The first-order chi connectivity index (χ1) is 11.5. The number of likely N-dealkylation sites (tertiary alicyclic amines) is 1. The molecule has 140 valence electrons. The third-order valence-electron chi connectivity index (χ3n) is 5.10. The van der Waals surface area contributed by atoms with Crippen molar-refractivity contribution < 1.29 is 13.2 Å². The molecule has 0 spiro atoms. The Hall–Kier alpha value is -1.15. The third kappa shape index (κ3) is 4.53. The first-order valence-electron chi connectivity index (χ1n) is 8.52. The van der Waals surface area contributed by atoms with E-state index in [0.717, 1.165) is 0 Å². The third-order valence-corrected chi connectivity index (χ3v) is 7.06. The highest BCUT2D eigenvalue weighted by Gasteiger charge is 2.36. The van der Waals surface area contributed by atoms with Crippen molar-refractivity contribution in [1.29, 1.82) is 0 Å². The minimum absolute atomic E-state index is 0. The number of carbonyl (C=O) groups excluding carboxylic acids is 1. The molecule has 8 heteroatoms. The van der Waals surface area contributed by atoms with Gasteiger partial charge < -0.3 is 10.6 Å². The number of nitrogens with two attached hydrogens (primary N) is 1. The lowest BCUT2D eigenvalue weighted by atomic mass is 9.89. The Labute approximate surface area is 155 Å². The second-order valence-electron chi connectivity index (χ2n) is 6.63. The fourth-order valence-electron chi connectivity index (χ4n) is 3.71. The number of sulfonamides is 1. The van der Waals surface area contributed by atoms with Crippen LogP contribution in [0.1, 0.15) is 24.3 Å². The van der Waals surface area contributed by atoms with Crippen LogP contribution in [-0.4, -0.2) is 62.0 Å². The number of rotatable bonds is 5. The van der Waals surface area contributed by atoms with Crippen LogP contribution in [0, 0.1) is 5.92 Å². The minimum atomic E-state index is -3.13. The van der Waals surface area contributed by atoms with Gasteiger partial charge in [0.15, 0.2) is 0 Å². The summed E-state index contributed by atoms with van der Waals surface area (Å²) >= 11 is 0. The topological polar surface area (TPSA) is 83.7 Å². The molecule has 0 saturated carbocycles. The average Bonchev–Trinajstić information content (AvgIpc) is 3.16. The monoisotopic (exact) mass is 387 g/mol. The molecule has 25 heavy (non-hydrogen) atoms. The van der Waals surface area contributed by atoms with Gasteiger partial charge in [-0.1, -0.05) is 30.3 Å². The van der Waals surface area contributed by atoms with E-state index in [4.69, 9.17) is 5.73 Å². The molecule has 2 aliphatic heterocycles. The minimum Gasteiger partial charge on any atom is -0.342 e. The van der Waals surface area contributed by atoms with E-state index < -0.39 is 10.0 Å². The molecule has 0 unspecified atom stereocenters. The first kappa shape index (κ1) is 20.2. The molecule has 2 saturated heterocycles. The number of carbonyl (C=O) groups is 1. The Morgan fingerprint density at radius 2 is 1.92 bits per heavy atom. The number of hydrogen-bond acceptors (Lipinski definition) is 4. The standard InChI is InChI=1S/C17H25N3O3S.ClH/c18-11-15-12-19(13-16(15)14-5-2-1-3-6-14)17(21)7-9-20-8-4-10-24(20,22)23;/h1-3,5-6,15-16H,4,7-13,18H2;1H/t15-,16+;/m1./s1. The summed E-state index contributed by atoms with van der Waals surface area (Å²) in [6.45, 7) is 2.69. The second kappa shape index (κ2) is 8.49. The molecule has 1 aromatic rings. The summed E-state index contributed by atoms with van der Waals surface area (Å²) < 4.78 is 25.1. The summed E-state index contributed by atoms with van der Waals surface area (Å²) in [6, 6.07) is 10.2. The van der Waals surface area contributed by atoms with Crippen molar-refractivity contribution in [3.05, 3.63) is 35.9 Å². The smallest absolute Gasteiger partial charge is 0.223 e. The van der Waals surface area contributed by atoms with E-state index in [0.29, 0.717) is 39.1 Å². The zero-order chi connectivity index (χ0) is 17.2. The van der Waals surface area contributed by atoms with Crippen molar-refractivity contribution in [2.75, 3.05) is 38.5 Å². The van der Waals surface area contributed by atoms with E-state index >= 15 is 0 Å². The van der Waals surface area contributed by atoms with Crippen LogP contribution in [-0.2, 0) is 14.8 Å². The van der Waals surface area contributed by atoms with E-state index in [2.05, 4.69) is 12.1 Å². The fraction of sp³-hybridized carbons (Fsp3) is 0.588. The summed E-state index contributed by atoms with van der Waals surface area (Å²) in [7, 11) is -3.13. The highest BCUT2D eigenvalue weighted by atomic mass is 35.5. The van der Waals surface area contributed by atoms with Crippen LogP contribution in [0.25, 0.3) is 0 Å². The predicted octanol–water partition coefficient (Wildman–Crippen LogP) is 1.03. The van der Waals surface area contributed by atoms with Gasteiger partial charge >= 0.3 is 0 Å². The van der Waals surface area contributed by atoms with Gasteiger partial charge in [0, 0.05) is 38.5 Å². The van der Waals surface area contributed by atoms with Gasteiger partial charge in [0.2, 0.25) is 15.9 Å². The van der Waals surface area contributed by atoms with Crippen molar-refractivity contribution in [3.63, 3.8) is 0 Å². The van der Waals surface area contributed by atoms with E-state index in [9.17, 15) is 13.2 Å². The fourth-order valence-corrected chi connectivity index (χ4v) is 5.24. The van der Waals surface area contributed by atoms with E-state index in [1.807, 2.05) is 23.1 Å². The van der Waals surface area contributed by atoms with Gasteiger partial charge in [-0.2, -0.15) is 0 Å². The van der Waals surface area contributed by atoms with Crippen LogP contribution in [0.5, 0.6) is 0 Å². The van der Waals surface area contributed by atoms with E-state index in [1.165, 1.54) is 9.87 Å². The van der Waals surface area contributed by atoms with E-state index in [1.54, 1.807) is 0 Å². The molecule has 2 heterocycles. The van der Waals surface area contributed by atoms with E-state index in [-0.39, 0.29) is 42.3 Å². The van der Waals surface area contributed by atoms with Crippen molar-refractivity contribution in [3.8, 4) is 0 Å². The van der Waals surface area contributed by atoms with Gasteiger partial charge in [-0.15, -0.1) is 12.4 Å². The molecule has 1 aromatic carbocycles. The summed E-state index contributed by atoms with van der Waals surface area (Å²) in [5, 5.41) is 0. The lowest BCUT2D eigenvalue weighted by Gasteiger charge is -2.19. The highest BCUT2D eigenvalue weighted by molar-refractivity contribution is 7.89. The first-order valence-corrected chi connectivity index (χ1v) is 10.1. The lowest BCUT2D eigenvalue weighted by Crippen LogP contribution is -2.34. The Balaban J connectivity index is 0.00000225. The molecular formula is C17H26ClN3O3S. The van der Waals surface area contributed by atoms with Crippen LogP contribution in [0.3, 0.4) is 0 Å². The number of hydrogen-bond donors (Lipinski definition) is 1. The molecule has 0 radical (unpaired) electrons. The Morgan fingerprint density at radius 3 is 2.52 bits per heavy atom. The molecule has 2 atom stereocenters. The van der Waals surface area contributed by atoms with Crippen LogP contribution >= 0.6 is 12.4 Å². The predicted molar refractivity (Wildman–Crippen MR) is 100 cm³/mol. The van der Waals surface area contributed by atoms with Crippen molar-refractivity contribution in [2.45, 2.75) is 18.8 Å². The number of benzene rings is 1. The van der Waals surface area contributed by atoms with Crippen molar-refractivity contribution in [2.24, 2.45) is 11.7 Å². The largest absolute Gasteiger partial charge is 0.342 e. The highest BCUT2D eigenvalue weighted by Crippen LogP contribution is 2.32. The van der Waals surface area contributed by atoms with Gasteiger partial charge in [-0.3, -0.25) is 4.79 Å².